The highest BCUT2D eigenvalue weighted by atomic mass is 16.4. The van der Waals surface area contributed by atoms with Crippen molar-refractivity contribution in [2.75, 3.05) is 6.61 Å². The van der Waals surface area contributed by atoms with E-state index in [4.69, 9.17) is 15.3 Å². The van der Waals surface area contributed by atoms with Gasteiger partial charge in [0.15, 0.2) is 0 Å². The van der Waals surface area contributed by atoms with Gasteiger partial charge in [-0.05, 0) is 0 Å². The summed E-state index contributed by atoms with van der Waals surface area (Å²) in [6.45, 7) is -0.519. The second-order valence-electron chi connectivity index (χ2n) is 1.72. The smallest absolute Gasteiger partial charge is 0.122 e. The zero-order valence-corrected chi connectivity index (χ0v) is 4.90. The van der Waals surface area contributed by atoms with Crippen LogP contribution in [-0.4, -0.2) is 40.4 Å². The molecule has 4 heteroatoms. The Kier molecular flexibility index (Phi) is 4.21. The lowest BCUT2D eigenvalue weighted by atomic mass is 10.3. The van der Waals surface area contributed by atoms with Gasteiger partial charge in [0.05, 0.1) is 12.7 Å². The maximum absolute atomic E-state index is 9.68. The third-order valence-electron chi connectivity index (χ3n) is 0.969. The van der Waals surface area contributed by atoms with Gasteiger partial charge in [0.1, 0.15) is 12.4 Å². The summed E-state index contributed by atoms with van der Waals surface area (Å²) < 4.78 is 0. The van der Waals surface area contributed by atoms with Crippen LogP contribution in [0.4, 0.5) is 0 Å². The number of hydrogen-bond acceptors (Lipinski definition) is 4. The lowest BCUT2D eigenvalue weighted by Crippen LogP contribution is -2.29. The molecule has 3 N–H and O–H groups in total. The highest BCUT2D eigenvalue weighted by Crippen LogP contribution is 1.94. The van der Waals surface area contributed by atoms with Crippen LogP contribution in [0.15, 0.2) is 0 Å². The number of carbonyl (C=O) groups excluding carboxylic acids is 1. The molecule has 0 aromatic rings. The second-order valence-corrected chi connectivity index (χ2v) is 1.72. The summed E-state index contributed by atoms with van der Waals surface area (Å²) in [6, 6.07) is 0. The lowest BCUT2D eigenvalue weighted by Gasteiger charge is -2.11. The highest BCUT2D eigenvalue weighted by molar-refractivity contribution is 5.50. The van der Waals surface area contributed by atoms with E-state index in [0.29, 0.717) is 6.29 Å². The molecule has 0 bridgehead atoms. The van der Waals surface area contributed by atoms with Crippen molar-refractivity contribution < 1.29 is 20.1 Å². The van der Waals surface area contributed by atoms with Crippen molar-refractivity contribution in [1.82, 2.24) is 0 Å². The van der Waals surface area contributed by atoms with Gasteiger partial charge in [-0.25, -0.2) is 0 Å². The van der Waals surface area contributed by atoms with Crippen molar-refractivity contribution in [3.63, 3.8) is 0 Å². The van der Waals surface area contributed by atoms with E-state index in [1.165, 1.54) is 0 Å². The summed E-state index contributed by atoms with van der Waals surface area (Å²) in [5.41, 5.74) is 0. The molecule has 2 atom stereocenters. The first kappa shape index (κ1) is 8.55. The fourth-order valence-electron chi connectivity index (χ4n) is 0.377. The van der Waals surface area contributed by atoms with Crippen molar-refractivity contribution in [3.8, 4) is 0 Å². The van der Waals surface area contributed by atoms with E-state index in [2.05, 4.69) is 0 Å². The van der Waals surface area contributed by atoms with Crippen molar-refractivity contribution in [3.05, 3.63) is 0 Å². The lowest BCUT2D eigenvalue weighted by molar-refractivity contribution is -0.111. The van der Waals surface area contributed by atoms with Gasteiger partial charge < -0.3 is 20.1 Å². The van der Waals surface area contributed by atoms with Crippen LogP contribution in [-0.2, 0) is 4.79 Å². The maximum Gasteiger partial charge on any atom is 0.122 e. The molecular formula is C5H10O4. The molecule has 54 valence electrons. The zero-order chi connectivity index (χ0) is 7.28. The highest BCUT2D eigenvalue weighted by Gasteiger charge is 2.13. The fraction of sp³-hybridized carbons (Fsp3) is 0.800. The Morgan fingerprint density at radius 3 is 2.22 bits per heavy atom. The van der Waals surface area contributed by atoms with Crippen LogP contribution in [0.2, 0.25) is 0 Å². The van der Waals surface area contributed by atoms with Crippen molar-refractivity contribution in [2.45, 2.75) is 18.6 Å². The number of aldehydes is 1. The Labute approximate surface area is 52.7 Å². The molecule has 0 aromatic heterocycles. The first-order valence-corrected chi connectivity index (χ1v) is 2.63. The van der Waals surface area contributed by atoms with Gasteiger partial charge in [-0.2, -0.15) is 0 Å². The Balaban J connectivity index is 3.44. The van der Waals surface area contributed by atoms with Gasteiger partial charge in [-0.1, -0.05) is 0 Å². The van der Waals surface area contributed by atoms with E-state index >= 15 is 0 Å². The predicted octanol–water partition coefficient (Wildman–Crippen LogP) is -1.71. The maximum atomic E-state index is 9.68. The van der Waals surface area contributed by atoms with E-state index < -0.39 is 18.8 Å². The molecule has 0 saturated heterocycles. The summed E-state index contributed by atoms with van der Waals surface area (Å²) in [4.78, 5) is 9.68. The normalized spacial score (nSPS) is 16.8. The van der Waals surface area contributed by atoms with E-state index in [1.54, 1.807) is 0 Å². The third-order valence-corrected chi connectivity index (χ3v) is 0.969. The predicted molar refractivity (Wildman–Crippen MR) is 29.8 cm³/mol. The van der Waals surface area contributed by atoms with E-state index in [9.17, 15) is 4.79 Å². The number of aliphatic hydroxyl groups is 3. The quantitative estimate of drug-likeness (QED) is 0.317. The van der Waals surface area contributed by atoms with E-state index in [-0.39, 0.29) is 6.42 Å². The molecule has 0 aromatic carbocycles. The van der Waals surface area contributed by atoms with Crippen LogP contribution in [0.3, 0.4) is 0 Å². The summed E-state index contributed by atoms with van der Waals surface area (Å²) in [6.07, 6.45) is -1.98. The molecule has 0 rings (SSSR count). The molecular weight excluding hydrogens is 125 g/mol. The molecule has 0 aliphatic carbocycles. The SMILES string of the molecule is O=C[13CH2][C@H](O)[C@H](O)CO. The largest absolute Gasteiger partial charge is 0.394 e. The van der Waals surface area contributed by atoms with E-state index in [0.717, 1.165) is 0 Å². The number of carbonyl (C=O) groups is 1. The number of rotatable bonds is 4. The molecule has 0 aliphatic heterocycles. The second kappa shape index (κ2) is 4.43. The van der Waals surface area contributed by atoms with Gasteiger partial charge in [0.25, 0.3) is 0 Å². The minimum absolute atomic E-state index is 0.137. The monoisotopic (exact) mass is 135 g/mol. The summed E-state index contributed by atoms with van der Waals surface area (Å²) in [5.74, 6) is 0. The van der Waals surface area contributed by atoms with Crippen LogP contribution >= 0.6 is 0 Å². The van der Waals surface area contributed by atoms with Crippen molar-refractivity contribution in [1.29, 1.82) is 0 Å². The standard InChI is InChI=1S/C5H10O4/c6-2-1-4(8)5(9)3-7/h2,4-5,7-9H,1,3H2/t4-,5+/m0/s1/i1+1. The molecule has 0 heterocycles. The molecule has 4 nitrogen and oxygen atoms in total. The van der Waals surface area contributed by atoms with E-state index in [1.807, 2.05) is 0 Å². The molecule has 0 unspecified atom stereocenters. The van der Waals surface area contributed by atoms with Gasteiger partial charge in [0.2, 0.25) is 0 Å². The molecule has 0 saturated carbocycles. The first-order chi connectivity index (χ1) is 4.22. The van der Waals surface area contributed by atoms with Gasteiger partial charge in [-0.15, -0.1) is 0 Å². The number of hydrogen-bond donors (Lipinski definition) is 3. The summed E-state index contributed by atoms with van der Waals surface area (Å²) >= 11 is 0. The minimum Gasteiger partial charge on any atom is -0.394 e. The van der Waals surface area contributed by atoms with Crippen LogP contribution in [0.5, 0.6) is 0 Å². The van der Waals surface area contributed by atoms with Crippen LogP contribution in [0.1, 0.15) is 6.42 Å². The average Bonchev–Trinajstić information content (AvgIpc) is 1.87. The molecule has 0 amide bonds. The topological polar surface area (TPSA) is 77.8 Å². The Bertz CT molecular complexity index is 83.0. The van der Waals surface area contributed by atoms with Crippen LogP contribution in [0.25, 0.3) is 0 Å². The minimum atomic E-state index is -1.20. The van der Waals surface area contributed by atoms with Gasteiger partial charge >= 0.3 is 0 Å². The summed E-state index contributed by atoms with van der Waals surface area (Å²) in [7, 11) is 0. The average molecular weight is 135 g/mol. The Hall–Kier alpha value is -0.450. The van der Waals surface area contributed by atoms with Crippen molar-refractivity contribution in [2.24, 2.45) is 0 Å². The van der Waals surface area contributed by atoms with Gasteiger partial charge in [0, 0.05) is 6.42 Å². The molecule has 0 aliphatic rings. The fourth-order valence-corrected chi connectivity index (χ4v) is 0.377. The molecule has 0 radical (unpaired) electrons. The molecule has 9 heavy (non-hydrogen) atoms. The molecule has 0 fully saturated rings. The first-order valence-electron chi connectivity index (χ1n) is 2.63. The third kappa shape index (κ3) is 3.18. The number of aliphatic hydroxyl groups excluding tert-OH is 3. The van der Waals surface area contributed by atoms with Crippen molar-refractivity contribution >= 4 is 6.29 Å². The van der Waals surface area contributed by atoms with Crippen LogP contribution < -0.4 is 0 Å². The Morgan fingerprint density at radius 2 is 1.89 bits per heavy atom. The van der Waals surface area contributed by atoms with Crippen LogP contribution in [0, 0.1) is 0 Å². The Morgan fingerprint density at radius 1 is 1.33 bits per heavy atom. The molecule has 0 spiro atoms. The summed E-state index contributed by atoms with van der Waals surface area (Å²) in [5, 5.41) is 25.5. The van der Waals surface area contributed by atoms with Gasteiger partial charge in [-0.3, -0.25) is 0 Å². The zero-order valence-electron chi connectivity index (χ0n) is 4.90.